The van der Waals surface area contributed by atoms with Gasteiger partial charge in [-0.3, -0.25) is 14.4 Å². The van der Waals surface area contributed by atoms with Crippen LogP contribution in [-0.4, -0.2) is 37.2 Å². The SMILES string of the molecule is CCCC/C=C\CCCCCCCC(=O)OCC(COC(=O)CCCCCCCCC/C=C\C/C=C\CCCCC)OC(=O)CCCCCCC/C=C\C/C=C\CCCCC. The molecule has 0 spiro atoms. The number of hydrogen-bond donors (Lipinski definition) is 0. The highest BCUT2D eigenvalue weighted by Crippen LogP contribution is 2.14. The second kappa shape index (κ2) is 49.8. The van der Waals surface area contributed by atoms with E-state index >= 15 is 0 Å². The summed E-state index contributed by atoms with van der Waals surface area (Å²) in [5.74, 6) is -0.915. The summed E-state index contributed by atoms with van der Waals surface area (Å²) in [6.45, 7) is 6.52. The maximum atomic E-state index is 12.8. The van der Waals surface area contributed by atoms with Gasteiger partial charge in [0, 0.05) is 19.3 Å². The van der Waals surface area contributed by atoms with Crippen LogP contribution in [0.4, 0.5) is 0 Å². The van der Waals surface area contributed by atoms with Crippen LogP contribution in [0.2, 0.25) is 0 Å². The van der Waals surface area contributed by atoms with Crippen LogP contribution in [-0.2, 0) is 28.6 Å². The summed E-state index contributed by atoms with van der Waals surface area (Å²) in [6, 6.07) is 0. The first-order valence-corrected chi connectivity index (χ1v) is 25.8. The molecule has 1 atom stereocenters. The third-order valence-corrected chi connectivity index (χ3v) is 11.0. The Morgan fingerprint density at radius 1 is 0.328 bits per heavy atom. The summed E-state index contributed by atoms with van der Waals surface area (Å²) in [5, 5.41) is 0. The smallest absolute Gasteiger partial charge is 0.306 e. The Hall–Kier alpha value is -2.89. The van der Waals surface area contributed by atoms with Gasteiger partial charge < -0.3 is 14.2 Å². The van der Waals surface area contributed by atoms with Crippen molar-refractivity contribution in [3.05, 3.63) is 60.8 Å². The molecule has 0 saturated carbocycles. The number of unbranched alkanes of at least 4 members (excludes halogenated alkanes) is 25. The minimum atomic E-state index is -0.786. The van der Waals surface area contributed by atoms with Crippen LogP contribution in [0, 0.1) is 0 Å². The van der Waals surface area contributed by atoms with Crippen LogP contribution < -0.4 is 0 Å². The largest absolute Gasteiger partial charge is 0.462 e. The first-order chi connectivity index (χ1) is 30.0. The summed E-state index contributed by atoms with van der Waals surface area (Å²) in [4.78, 5) is 37.9. The van der Waals surface area contributed by atoms with Gasteiger partial charge in [0.2, 0.25) is 0 Å². The number of esters is 3. The van der Waals surface area contributed by atoms with Gasteiger partial charge in [0.1, 0.15) is 13.2 Å². The third kappa shape index (κ3) is 48.0. The number of carbonyl (C=O) groups excluding carboxylic acids is 3. The van der Waals surface area contributed by atoms with Crippen molar-refractivity contribution < 1.29 is 28.6 Å². The first-order valence-electron chi connectivity index (χ1n) is 25.8. The minimum absolute atomic E-state index is 0.0867. The highest BCUT2D eigenvalue weighted by Gasteiger charge is 2.19. The molecule has 0 aromatic carbocycles. The van der Waals surface area contributed by atoms with Gasteiger partial charge in [-0.25, -0.2) is 0 Å². The van der Waals surface area contributed by atoms with Crippen molar-refractivity contribution in [3.8, 4) is 0 Å². The molecular weight excluding hydrogens is 757 g/mol. The van der Waals surface area contributed by atoms with Crippen molar-refractivity contribution in [2.75, 3.05) is 13.2 Å². The van der Waals surface area contributed by atoms with E-state index in [1.165, 1.54) is 109 Å². The molecule has 6 nitrogen and oxygen atoms in total. The highest BCUT2D eigenvalue weighted by atomic mass is 16.6. The van der Waals surface area contributed by atoms with Crippen molar-refractivity contribution in [2.24, 2.45) is 0 Å². The monoisotopic (exact) mass is 853 g/mol. The zero-order valence-electron chi connectivity index (χ0n) is 40.2. The fraction of sp³-hybridized carbons (Fsp3) is 0.764. The minimum Gasteiger partial charge on any atom is -0.462 e. The number of ether oxygens (including phenoxy) is 3. The van der Waals surface area contributed by atoms with E-state index in [4.69, 9.17) is 14.2 Å². The molecule has 0 radical (unpaired) electrons. The summed E-state index contributed by atoms with van der Waals surface area (Å²) in [7, 11) is 0. The summed E-state index contributed by atoms with van der Waals surface area (Å²) >= 11 is 0. The fourth-order valence-corrected chi connectivity index (χ4v) is 7.01. The van der Waals surface area contributed by atoms with Gasteiger partial charge in [-0.2, -0.15) is 0 Å². The zero-order chi connectivity index (χ0) is 44.4. The Labute approximate surface area is 377 Å². The normalized spacial score (nSPS) is 12.5. The summed E-state index contributed by atoms with van der Waals surface area (Å²) in [6.07, 6.45) is 60.5. The molecule has 0 aromatic rings. The van der Waals surface area contributed by atoms with Crippen LogP contribution in [0.15, 0.2) is 60.8 Å². The molecule has 0 amide bonds. The molecule has 0 rings (SSSR count). The van der Waals surface area contributed by atoms with Crippen LogP contribution >= 0.6 is 0 Å². The lowest BCUT2D eigenvalue weighted by atomic mass is 10.1. The van der Waals surface area contributed by atoms with Gasteiger partial charge in [0.15, 0.2) is 6.10 Å². The van der Waals surface area contributed by atoms with Crippen LogP contribution in [0.25, 0.3) is 0 Å². The first kappa shape index (κ1) is 58.1. The molecule has 0 saturated heterocycles. The molecule has 0 fully saturated rings. The second-order valence-corrected chi connectivity index (χ2v) is 17.1. The standard InChI is InChI=1S/C55H96O6/c1-4-7-10-13-16-19-22-24-26-27-29-30-33-36-39-42-45-48-54(57)60-51-52(50-59-53(56)47-44-41-38-35-32-21-18-15-12-9-6-3)61-55(58)49-46-43-40-37-34-31-28-25-23-20-17-14-11-8-5-2/h15-20,24-26,28,52H,4-14,21-23,27,29-51H2,1-3H3/b18-15-,19-16-,20-17-,26-24-,28-25-. The van der Waals surface area contributed by atoms with Crippen LogP contribution in [0.1, 0.15) is 252 Å². The van der Waals surface area contributed by atoms with Crippen molar-refractivity contribution in [1.82, 2.24) is 0 Å². The molecule has 0 aliphatic rings. The van der Waals surface area contributed by atoms with Crippen LogP contribution in [0.3, 0.4) is 0 Å². The molecule has 0 aliphatic heterocycles. The highest BCUT2D eigenvalue weighted by molar-refractivity contribution is 5.71. The number of allylic oxidation sites excluding steroid dienone is 10. The lowest BCUT2D eigenvalue weighted by Gasteiger charge is -2.18. The second-order valence-electron chi connectivity index (χ2n) is 17.1. The molecule has 1 unspecified atom stereocenters. The maximum Gasteiger partial charge on any atom is 0.306 e. The molecule has 0 aromatic heterocycles. The molecule has 61 heavy (non-hydrogen) atoms. The maximum absolute atomic E-state index is 12.8. The van der Waals surface area contributed by atoms with E-state index in [1.54, 1.807) is 0 Å². The van der Waals surface area contributed by atoms with Gasteiger partial charge in [0.25, 0.3) is 0 Å². The fourth-order valence-electron chi connectivity index (χ4n) is 7.01. The molecule has 0 bridgehead atoms. The predicted molar refractivity (Wildman–Crippen MR) is 261 cm³/mol. The number of carbonyl (C=O) groups is 3. The van der Waals surface area contributed by atoms with E-state index in [0.717, 1.165) is 103 Å². The van der Waals surface area contributed by atoms with Gasteiger partial charge >= 0.3 is 17.9 Å². The quantitative estimate of drug-likeness (QED) is 0.0263. The van der Waals surface area contributed by atoms with Gasteiger partial charge in [-0.15, -0.1) is 0 Å². The van der Waals surface area contributed by atoms with E-state index in [-0.39, 0.29) is 31.1 Å². The molecule has 0 aliphatic carbocycles. The van der Waals surface area contributed by atoms with E-state index in [9.17, 15) is 14.4 Å². The topological polar surface area (TPSA) is 78.9 Å². The molecule has 0 heterocycles. The average molecular weight is 853 g/mol. The van der Waals surface area contributed by atoms with E-state index < -0.39 is 6.10 Å². The summed E-state index contributed by atoms with van der Waals surface area (Å²) < 4.78 is 16.8. The van der Waals surface area contributed by atoms with E-state index in [2.05, 4.69) is 81.5 Å². The van der Waals surface area contributed by atoms with E-state index in [0.29, 0.717) is 19.3 Å². The zero-order valence-corrected chi connectivity index (χ0v) is 40.2. The molecular formula is C55H96O6. The predicted octanol–water partition coefficient (Wildman–Crippen LogP) is 16.9. The Balaban J connectivity index is 4.40. The number of rotatable bonds is 46. The van der Waals surface area contributed by atoms with Crippen molar-refractivity contribution in [1.29, 1.82) is 0 Å². The molecule has 0 N–H and O–H groups in total. The van der Waals surface area contributed by atoms with Crippen LogP contribution in [0.5, 0.6) is 0 Å². The lowest BCUT2D eigenvalue weighted by molar-refractivity contribution is -0.167. The van der Waals surface area contributed by atoms with Gasteiger partial charge in [-0.05, 0) is 103 Å². The van der Waals surface area contributed by atoms with Gasteiger partial charge in [0.05, 0.1) is 0 Å². The molecule has 352 valence electrons. The molecule has 6 heteroatoms. The Morgan fingerprint density at radius 3 is 0.967 bits per heavy atom. The number of hydrogen-bond acceptors (Lipinski definition) is 6. The Morgan fingerprint density at radius 2 is 0.607 bits per heavy atom. The Kier molecular flexibility index (Phi) is 47.4. The van der Waals surface area contributed by atoms with Gasteiger partial charge in [-0.1, -0.05) is 191 Å². The van der Waals surface area contributed by atoms with Crippen molar-refractivity contribution >= 4 is 17.9 Å². The van der Waals surface area contributed by atoms with Crippen molar-refractivity contribution in [2.45, 2.75) is 258 Å². The van der Waals surface area contributed by atoms with E-state index in [1.807, 2.05) is 0 Å². The average Bonchev–Trinajstić information content (AvgIpc) is 3.26. The Bertz CT molecular complexity index is 1120. The summed E-state index contributed by atoms with van der Waals surface area (Å²) in [5.41, 5.74) is 0. The van der Waals surface area contributed by atoms with Crippen molar-refractivity contribution in [3.63, 3.8) is 0 Å². The third-order valence-electron chi connectivity index (χ3n) is 11.0. The lowest BCUT2D eigenvalue weighted by Crippen LogP contribution is -2.30.